The fourth-order valence-corrected chi connectivity index (χ4v) is 3.52. The van der Waals surface area contributed by atoms with Crippen molar-refractivity contribution in [3.63, 3.8) is 0 Å². The Kier molecular flexibility index (Phi) is 6.15. The normalized spacial score (nSPS) is 15.0. The van der Waals surface area contributed by atoms with Gasteiger partial charge in [0.2, 0.25) is 5.78 Å². The summed E-state index contributed by atoms with van der Waals surface area (Å²) in [4.78, 5) is 19.2. The van der Waals surface area contributed by atoms with E-state index in [1.54, 1.807) is 30.6 Å². The molecule has 5 nitrogen and oxygen atoms in total. The molecule has 1 aromatic carbocycles. The molecule has 0 fully saturated rings. The smallest absolute Gasteiger partial charge is 0.231 e. The molecule has 5 heteroatoms. The number of nitrogens with zero attached hydrogens (tertiary/aromatic N) is 2. The van der Waals surface area contributed by atoms with Crippen molar-refractivity contribution in [2.24, 2.45) is 11.8 Å². The lowest BCUT2D eigenvalue weighted by atomic mass is 10.0. The highest BCUT2D eigenvalue weighted by atomic mass is 16.5. The molecule has 0 atom stereocenters. The fourth-order valence-electron chi connectivity index (χ4n) is 3.52. The first kappa shape index (κ1) is 20.1. The third-order valence-electron chi connectivity index (χ3n) is 4.53. The van der Waals surface area contributed by atoms with Gasteiger partial charge in [-0.15, -0.1) is 0 Å². The van der Waals surface area contributed by atoms with Crippen LogP contribution in [0.25, 0.3) is 6.08 Å². The van der Waals surface area contributed by atoms with E-state index in [1.807, 2.05) is 12.1 Å². The van der Waals surface area contributed by atoms with Crippen LogP contribution in [0, 0.1) is 11.8 Å². The van der Waals surface area contributed by atoms with Gasteiger partial charge < -0.3 is 9.84 Å². The number of benzene rings is 1. The van der Waals surface area contributed by atoms with Crippen molar-refractivity contribution in [2.45, 2.75) is 34.2 Å². The molecular weight excluding hydrogens is 352 g/mol. The third-order valence-corrected chi connectivity index (χ3v) is 4.53. The minimum Gasteiger partial charge on any atom is -0.507 e. The maximum absolute atomic E-state index is 12.8. The highest BCUT2D eigenvalue weighted by Crippen LogP contribution is 2.40. The number of pyridine rings is 1. The predicted octanol–water partition coefficient (Wildman–Crippen LogP) is 4.52. The predicted molar refractivity (Wildman–Crippen MR) is 110 cm³/mol. The van der Waals surface area contributed by atoms with Crippen LogP contribution in [0.4, 0.5) is 0 Å². The van der Waals surface area contributed by atoms with Crippen molar-refractivity contribution < 1.29 is 14.6 Å². The van der Waals surface area contributed by atoms with Crippen molar-refractivity contribution in [3.8, 4) is 11.5 Å². The van der Waals surface area contributed by atoms with E-state index in [0.717, 1.165) is 18.7 Å². The van der Waals surface area contributed by atoms with Gasteiger partial charge in [-0.3, -0.25) is 14.7 Å². The number of phenols is 1. The Balaban J connectivity index is 1.92. The van der Waals surface area contributed by atoms with Crippen LogP contribution in [-0.2, 0) is 6.54 Å². The molecule has 28 heavy (non-hydrogen) atoms. The number of hydrogen-bond acceptors (Lipinski definition) is 5. The number of carbonyl (C=O) groups excluding carboxylic acids is 1. The molecule has 0 saturated heterocycles. The van der Waals surface area contributed by atoms with E-state index in [0.29, 0.717) is 35.3 Å². The summed E-state index contributed by atoms with van der Waals surface area (Å²) in [5.74, 6) is 1.72. The number of aromatic hydroxyl groups is 1. The summed E-state index contributed by atoms with van der Waals surface area (Å²) in [6, 6.07) is 6.90. The van der Waals surface area contributed by atoms with Crippen LogP contribution in [0.15, 0.2) is 42.4 Å². The number of fused-ring (bicyclic) bond motifs is 1. The zero-order valence-corrected chi connectivity index (χ0v) is 17.0. The largest absolute Gasteiger partial charge is 0.507 e. The lowest BCUT2D eigenvalue weighted by Gasteiger charge is -2.27. The van der Waals surface area contributed by atoms with Crippen molar-refractivity contribution in [3.05, 3.63) is 59.1 Å². The molecule has 1 aliphatic heterocycles. The number of ether oxygens (including phenoxy) is 1. The summed E-state index contributed by atoms with van der Waals surface area (Å²) in [5.41, 5.74) is 1.96. The quantitative estimate of drug-likeness (QED) is 0.716. The Morgan fingerprint density at radius 2 is 1.86 bits per heavy atom. The Morgan fingerprint density at radius 1 is 1.14 bits per heavy atom. The Bertz CT molecular complexity index is 863. The first-order chi connectivity index (χ1) is 13.3. The maximum Gasteiger partial charge on any atom is 0.231 e. The maximum atomic E-state index is 12.8. The molecular formula is C23H28N2O3. The van der Waals surface area contributed by atoms with Crippen molar-refractivity contribution in [1.82, 2.24) is 9.88 Å². The standard InChI is InChI=1S/C23H28N2O3/c1-15(2)12-25(13-16(3)4)14-19-20(26)8-7-18-22(27)21(28-23(18)19)10-17-6-5-9-24-11-17/h5-11,15-16,26H,12-14H2,1-4H3/b21-10+. The summed E-state index contributed by atoms with van der Waals surface area (Å²) in [6.07, 6.45) is 5.05. The lowest BCUT2D eigenvalue weighted by molar-refractivity contribution is 0.101. The van der Waals surface area contributed by atoms with Crippen LogP contribution in [0.2, 0.25) is 0 Å². The monoisotopic (exact) mass is 380 g/mol. The number of hydrogen-bond donors (Lipinski definition) is 1. The second-order valence-corrected chi connectivity index (χ2v) is 8.15. The van der Waals surface area contributed by atoms with Gasteiger partial charge in [0.25, 0.3) is 0 Å². The van der Waals surface area contributed by atoms with E-state index in [2.05, 4.69) is 37.6 Å². The van der Waals surface area contributed by atoms with Crippen LogP contribution in [0.5, 0.6) is 11.5 Å². The minimum atomic E-state index is -0.167. The first-order valence-electron chi connectivity index (χ1n) is 9.76. The Morgan fingerprint density at radius 3 is 2.46 bits per heavy atom. The molecule has 0 bridgehead atoms. The number of aromatic nitrogens is 1. The Hall–Kier alpha value is -2.66. The first-order valence-corrected chi connectivity index (χ1v) is 9.76. The van der Waals surface area contributed by atoms with Crippen LogP contribution in [0.3, 0.4) is 0 Å². The minimum absolute atomic E-state index is 0.159. The van der Waals surface area contributed by atoms with E-state index in [4.69, 9.17) is 4.74 Å². The van der Waals surface area contributed by atoms with E-state index in [-0.39, 0.29) is 17.3 Å². The highest BCUT2D eigenvalue weighted by molar-refractivity contribution is 6.14. The molecule has 0 saturated carbocycles. The van der Waals surface area contributed by atoms with Gasteiger partial charge >= 0.3 is 0 Å². The summed E-state index contributed by atoms with van der Waals surface area (Å²) < 4.78 is 5.94. The van der Waals surface area contributed by atoms with Gasteiger partial charge in [0.05, 0.1) is 11.1 Å². The molecule has 0 unspecified atom stereocenters. The molecule has 0 radical (unpaired) electrons. The van der Waals surface area contributed by atoms with Crippen molar-refractivity contribution in [2.75, 3.05) is 13.1 Å². The van der Waals surface area contributed by atoms with Crippen LogP contribution >= 0.6 is 0 Å². The number of ketones is 1. The Labute approximate surface area is 166 Å². The second kappa shape index (κ2) is 8.57. The van der Waals surface area contributed by atoms with E-state index in [9.17, 15) is 9.90 Å². The van der Waals surface area contributed by atoms with Gasteiger partial charge in [-0.1, -0.05) is 33.8 Å². The number of Topliss-reactive ketones (excluding diaryl/α,β-unsaturated/α-hetero) is 1. The number of phenolic OH excluding ortho intramolecular Hbond substituents is 1. The molecule has 2 heterocycles. The van der Waals surface area contributed by atoms with Crippen molar-refractivity contribution >= 4 is 11.9 Å². The molecule has 148 valence electrons. The summed E-state index contributed by atoms with van der Waals surface area (Å²) in [5, 5.41) is 10.5. The SMILES string of the molecule is CC(C)CN(Cc1c(O)ccc2c1O/C(=C/c1cccnc1)C2=O)CC(C)C. The lowest BCUT2D eigenvalue weighted by Crippen LogP contribution is -2.31. The number of carbonyl (C=O) groups is 1. The molecule has 3 rings (SSSR count). The zero-order valence-electron chi connectivity index (χ0n) is 17.0. The molecule has 0 spiro atoms. The fraction of sp³-hybridized carbons (Fsp3) is 0.391. The van der Waals surface area contributed by atoms with Crippen LogP contribution in [-0.4, -0.2) is 33.9 Å². The second-order valence-electron chi connectivity index (χ2n) is 8.15. The van der Waals surface area contributed by atoms with E-state index in [1.165, 1.54) is 0 Å². The average Bonchev–Trinajstić information content (AvgIpc) is 2.93. The average molecular weight is 380 g/mol. The van der Waals surface area contributed by atoms with Gasteiger partial charge in [-0.2, -0.15) is 0 Å². The molecule has 2 aromatic rings. The number of allylic oxidation sites excluding steroid dienone is 1. The van der Waals surface area contributed by atoms with Gasteiger partial charge in [-0.25, -0.2) is 0 Å². The van der Waals surface area contributed by atoms with Gasteiger partial charge in [0.15, 0.2) is 5.76 Å². The summed E-state index contributed by atoms with van der Waals surface area (Å²) >= 11 is 0. The molecule has 1 aliphatic rings. The molecule has 0 aliphatic carbocycles. The molecule has 1 N–H and O–H groups in total. The van der Waals surface area contributed by atoms with Gasteiger partial charge in [0.1, 0.15) is 11.5 Å². The van der Waals surface area contributed by atoms with Crippen LogP contribution < -0.4 is 4.74 Å². The van der Waals surface area contributed by atoms with E-state index < -0.39 is 0 Å². The van der Waals surface area contributed by atoms with Crippen LogP contribution in [0.1, 0.15) is 49.2 Å². The van der Waals surface area contributed by atoms with Crippen molar-refractivity contribution in [1.29, 1.82) is 0 Å². The summed E-state index contributed by atoms with van der Waals surface area (Å²) in [7, 11) is 0. The van der Waals surface area contributed by atoms with Gasteiger partial charge in [0, 0.05) is 32.0 Å². The van der Waals surface area contributed by atoms with E-state index >= 15 is 0 Å². The third kappa shape index (κ3) is 4.60. The topological polar surface area (TPSA) is 62.7 Å². The zero-order chi connectivity index (χ0) is 20.3. The molecule has 0 amide bonds. The molecule has 1 aromatic heterocycles. The van der Waals surface area contributed by atoms with Gasteiger partial charge in [-0.05, 0) is 41.7 Å². The highest BCUT2D eigenvalue weighted by Gasteiger charge is 2.31. The summed E-state index contributed by atoms with van der Waals surface area (Å²) in [6.45, 7) is 11.1. The number of rotatable bonds is 7.